The molecule has 2 aromatic carbocycles. The van der Waals surface area contributed by atoms with Gasteiger partial charge in [0.15, 0.2) is 0 Å². The van der Waals surface area contributed by atoms with Crippen molar-refractivity contribution in [3.63, 3.8) is 0 Å². The van der Waals surface area contributed by atoms with Gasteiger partial charge in [0, 0.05) is 23.2 Å². The molecule has 4 rings (SSSR count). The molecule has 0 fully saturated rings. The molecular formula is C29H30FN3O6. The Kier molecular flexibility index (Phi) is 8.13. The van der Waals surface area contributed by atoms with Crippen molar-refractivity contribution in [2.45, 2.75) is 52.4 Å². The van der Waals surface area contributed by atoms with Crippen molar-refractivity contribution >= 4 is 23.7 Å². The first-order chi connectivity index (χ1) is 18.6. The predicted octanol–water partition coefficient (Wildman–Crippen LogP) is 5.09. The number of pyridine rings is 1. The maximum absolute atomic E-state index is 15.4. The number of halogens is 1. The molecular weight excluding hydrogens is 505 g/mol. The number of nitrogens with one attached hydrogen (secondary N) is 2. The minimum atomic E-state index is -1.12. The molecule has 0 bridgehead atoms. The van der Waals surface area contributed by atoms with E-state index in [1.165, 1.54) is 0 Å². The minimum absolute atomic E-state index is 0.0254. The summed E-state index contributed by atoms with van der Waals surface area (Å²) in [4.78, 5) is 41.5. The van der Waals surface area contributed by atoms with Crippen LogP contribution < -0.4 is 15.4 Å². The summed E-state index contributed by atoms with van der Waals surface area (Å²) in [6, 6.07) is 14.8. The standard InChI is InChI=1S/C29H30FN3O6/c1-5-37-23(34)15-17-9-7-13-21-25(17)38-26(27(35)33-21)22-14-8-12-20(32-22)19-11-6-10-18(24(19)30)16-31-28(36)39-29(2,3)4/h6-14,26H,5,15-16H2,1-4H3,(H,31,36)(H,33,35). The molecule has 2 amide bonds. The molecule has 2 N–H and O–H groups in total. The number of fused-ring (bicyclic) bond motifs is 1. The third kappa shape index (κ3) is 6.70. The van der Waals surface area contributed by atoms with E-state index in [0.29, 0.717) is 17.0 Å². The van der Waals surface area contributed by atoms with E-state index in [1.807, 2.05) is 0 Å². The average Bonchev–Trinajstić information content (AvgIpc) is 2.87. The van der Waals surface area contributed by atoms with Gasteiger partial charge in [0.25, 0.3) is 5.91 Å². The van der Waals surface area contributed by atoms with Crippen LogP contribution in [0.5, 0.6) is 5.75 Å². The van der Waals surface area contributed by atoms with E-state index < -0.39 is 35.5 Å². The molecule has 1 unspecified atom stereocenters. The fourth-order valence-electron chi connectivity index (χ4n) is 4.04. The summed E-state index contributed by atoms with van der Waals surface area (Å²) in [6.45, 7) is 7.11. The molecule has 3 aromatic rings. The van der Waals surface area contributed by atoms with Gasteiger partial charge in [-0.3, -0.25) is 9.59 Å². The lowest BCUT2D eigenvalue weighted by atomic mass is 10.0. The van der Waals surface area contributed by atoms with Gasteiger partial charge in [-0.2, -0.15) is 0 Å². The number of carbonyl (C=O) groups is 3. The molecule has 2 heterocycles. The van der Waals surface area contributed by atoms with Crippen molar-refractivity contribution in [1.82, 2.24) is 10.3 Å². The fourth-order valence-corrected chi connectivity index (χ4v) is 4.04. The number of alkyl carbamates (subject to hydrolysis) is 1. The number of benzene rings is 2. The van der Waals surface area contributed by atoms with E-state index in [1.54, 1.807) is 82.3 Å². The first kappa shape index (κ1) is 27.6. The van der Waals surface area contributed by atoms with Crippen molar-refractivity contribution in [1.29, 1.82) is 0 Å². The second-order valence-corrected chi connectivity index (χ2v) is 9.84. The lowest BCUT2D eigenvalue weighted by Crippen LogP contribution is -2.32. The molecule has 1 aromatic heterocycles. The van der Waals surface area contributed by atoms with Crippen molar-refractivity contribution < 1.29 is 33.0 Å². The molecule has 0 saturated heterocycles. The van der Waals surface area contributed by atoms with Crippen LogP contribution >= 0.6 is 0 Å². The maximum Gasteiger partial charge on any atom is 0.407 e. The summed E-state index contributed by atoms with van der Waals surface area (Å²) in [6.07, 6.45) is -1.81. The van der Waals surface area contributed by atoms with Gasteiger partial charge in [-0.15, -0.1) is 0 Å². The number of aromatic nitrogens is 1. The highest BCUT2D eigenvalue weighted by molar-refractivity contribution is 5.98. The Hall–Kier alpha value is -4.47. The van der Waals surface area contributed by atoms with Crippen LogP contribution in [-0.2, 0) is 32.0 Å². The summed E-state index contributed by atoms with van der Waals surface area (Å²) in [5, 5.41) is 5.35. The van der Waals surface area contributed by atoms with Gasteiger partial charge in [0.2, 0.25) is 6.10 Å². The highest BCUT2D eigenvalue weighted by Crippen LogP contribution is 2.38. The van der Waals surface area contributed by atoms with E-state index in [4.69, 9.17) is 14.2 Å². The topological polar surface area (TPSA) is 116 Å². The number of hydrogen-bond donors (Lipinski definition) is 2. The Balaban J connectivity index is 1.57. The van der Waals surface area contributed by atoms with Crippen molar-refractivity contribution in [2.75, 3.05) is 11.9 Å². The zero-order valence-electron chi connectivity index (χ0n) is 22.2. The SMILES string of the molecule is CCOC(=O)Cc1cccc2c1OC(c1cccc(-c3cccc(CNC(=O)OC(C)(C)C)c3F)n1)C(=O)N2. The number of ether oxygens (including phenoxy) is 3. The van der Waals surface area contributed by atoms with Crippen molar-refractivity contribution in [3.05, 3.63) is 77.2 Å². The molecule has 0 radical (unpaired) electrons. The van der Waals surface area contributed by atoms with Crippen LogP contribution in [0.25, 0.3) is 11.3 Å². The van der Waals surface area contributed by atoms with Gasteiger partial charge in [-0.05, 0) is 52.0 Å². The molecule has 204 valence electrons. The first-order valence-electron chi connectivity index (χ1n) is 12.5. The normalized spacial score (nSPS) is 14.5. The van der Waals surface area contributed by atoms with Gasteiger partial charge >= 0.3 is 12.1 Å². The first-order valence-corrected chi connectivity index (χ1v) is 12.5. The van der Waals surface area contributed by atoms with E-state index in [0.717, 1.165) is 0 Å². The number of amides is 2. The van der Waals surface area contributed by atoms with Crippen LogP contribution in [0.4, 0.5) is 14.9 Å². The molecule has 0 aliphatic carbocycles. The number of carbonyl (C=O) groups excluding carboxylic acids is 3. The van der Waals surface area contributed by atoms with Crippen LogP contribution in [-0.4, -0.2) is 35.2 Å². The van der Waals surface area contributed by atoms with Gasteiger partial charge in [0.1, 0.15) is 17.2 Å². The maximum atomic E-state index is 15.4. The van der Waals surface area contributed by atoms with Crippen LogP contribution in [0.3, 0.4) is 0 Å². The van der Waals surface area contributed by atoms with Crippen LogP contribution in [0, 0.1) is 5.82 Å². The van der Waals surface area contributed by atoms with Gasteiger partial charge in [-0.25, -0.2) is 14.2 Å². The third-order valence-electron chi connectivity index (χ3n) is 5.68. The number of esters is 1. The lowest BCUT2D eigenvalue weighted by Gasteiger charge is -2.27. The largest absolute Gasteiger partial charge is 0.472 e. The van der Waals surface area contributed by atoms with Crippen LogP contribution in [0.1, 0.15) is 50.6 Å². The molecule has 1 aliphatic heterocycles. The summed E-state index contributed by atoms with van der Waals surface area (Å²) >= 11 is 0. The molecule has 10 heteroatoms. The summed E-state index contributed by atoms with van der Waals surface area (Å²) in [5.41, 5.74) is 1.30. The van der Waals surface area contributed by atoms with Gasteiger partial charge in [0.05, 0.1) is 30.1 Å². The van der Waals surface area contributed by atoms with E-state index in [-0.39, 0.29) is 42.1 Å². The quantitative estimate of drug-likeness (QED) is 0.405. The highest BCUT2D eigenvalue weighted by Gasteiger charge is 2.32. The number of rotatable bonds is 7. The van der Waals surface area contributed by atoms with Crippen LogP contribution in [0.2, 0.25) is 0 Å². The fraction of sp³-hybridized carbons (Fsp3) is 0.310. The molecule has 1 atom stereocenters. The number of hydrogen-bond acceptors (Lipinski definition) is 7. The third-order valence-corrected chi connectivity index (χ3v) is 5.68. The van der Waals surface area contributed by atoms with E-state index >= 15 is 4.39 Å². The molecule has 0 spiro atoms. The summed E-state index contributed by atoms with van der Waals surface area (Å²) in [7, 11) is 0. The van der Waals surface area contributed by atoms with Crippen molar-refractivity contribution in [3.8, 4) is 17.0 Å². The van der Waals surface area contributed by atoms with Gasteiger partial charge in [-0.1, -0.05) is 30.3 Å². The smallest absolute Gasteiger partial charge is 0.407 e. The zero-order chi connectivity index (χ0) is 28.2. The molecule has 9 nitrogen and oxygen atoms in total. The summed E-state index contributed by atoms with van der Waals surface area (Å²) < 4.78 is 31.8. The monoisotopic (exact) mass is 535 g/mol. The minimum Gasteiger partial charge on any atom is -0.472 e. The summed E-state index contributed by atoms with van der Waals surface area (Å²) in [5.74, 6) is -1.08. The molecule has 1 aliphatic rings. The second kappa shape index (κ2) is 11.5. The van der Waals surface area contributed by atoms with Crippen LogP contribution in [0.15, 0.2) is 54.6 Å². The second-order valence-electron chi connectivity index (χ2n) is 9.84. The highest BCUT2D eigenvalue weighted by atomic mass is 19.1. The Morgan fingerprint density at radius 2 is 1.79 bits per heavy atom. The Morgan fingerprint density at radius 1 is 1.08 bits per heavy atom. The zero-order valence-corrected chi connectivity index (χ0v) is 22.2. The Bertz CT molecular complexity index is 1400. The number of nitrogens with zero attached hydrogens (tertiary/aromatic N) is 1. The Labute approximate surface area is 225 Å². The van der Waals surface area contributed by atoms with Gasteiger partial charge < -0.3 is 24.8 Å². The molecule has 39 heavy (non-hydrogen) atoms. The Morgan fingerprint density at radius 3 is 2.54 bits per heavy atom. The van der Waals surface area contributed by atoms with Crippen molar-refractivity contribution in [2.24, 2.45) is 0 Å². The number of para-hydroxylation sites is 1. The average molecular weight is 536 g/mol. The van der Waals surface area contributed by atoms with E-state index in [2.05, 4.69) is 15.6 Å². The van der Waals surface area contributed by atoms with E-state index in [9.17, 15) is 14.4 Å². The molecule has 0 saturated carbocycles. The lowest BCUT2D eigenvalue weighted by molar-refractivity contribution is -0.142. The predicted molar refractivity (Wildman–Crippen MR) is 141 cm³/mol. The number of anilines is 1.